The zero-order chi connectivity index (χ0) is 21.4. The van der Waals surface area contributed by atoms with E-state index in [2.05, 4.69) is 6.92 Å². The molecule has 0 bridgehead atoms. The molecule has 7 nitrogen and oxygen atoms in total. The van der Waals surface area contributed by atoms with E-state index in [1.165, 1.54) is 12.6 Å². The molecule has 1 aliphatic carbocycles. The van der Waals surface area contributed by atoms with Crippen molar-refractivity contribution in [1.82, 2.24) is 0 Å². The van der Waals surface area contributed by atoms with Gasteiger partial charge in [-0.1, -0.05) is 32.6 Å². The maximum absolute atomic E-state index is 13.1. The van der Waals surface area contributed by atoms with Crippen LogP contribution in [0.15, 0.2) is 0 Å². The van der Waals surface area contributed by atoms with Crippen molar-refractivity contribution in [2.45, 2.75) is 116 Å². The molecular formula is C22H39NO6. The van der Waals surface area contributed by atoms with E-state index in [1.54, 1.807) is 20.8 Å². The van der Waals surface area contributed by atoms with Gasteiger partial charge >= 0.3 is 5.97 Å². The lowest BCUT2D eigenvalue weighted by Crippen LogP contribution is -2.40. The third-order valence-corrected chi connectivity index (χ3v) is 5.86. The van der Waals surface area contributed by atoms with Crippen LogP contribution in [0.5, 0.6) is 0 Å². The number of ether oxygens (including phenoxy) is 3. The Kier molecular flexibility index (Phi) is 9.37. The smallest absolute Gasteiger partial charge is 0.306 e. The number of esters is 1. The van der Waals surface area contributed by atoms with Crippen LogP contribution in [0.1, 0.15) is 85.5 Å². The van der Waals surface area contributed by atoms with Gasteiger partial charge in [0.15, 0.2) is 24.1 Å². The van der Waals surface area contributed by atoms with E-state index in [-0.39, 0.29) is 24.3 Å². The Morgan fingerprint density at radius 2 is 2.00 bits per heavy atom. The Labute approximate surface area is 175 Å². The van der Waals surface area contributed by atoms with E-state index < -0.39 is 24.1 Å². The Morgan fingerprint density at radius 1 is 1.31 bits per heavy atom. The Morgan fingerprint density at radius 3 is 2.62 bits per heavy atom. The molecule has 7 heteroatoms. The molecule has 4 atom stereocenters. The summed E-state index contributed by atoms with van der Waals surface area (Å²) in [4.78, 5) is 12.1. The van der Waals surface area contributed by atoms with Gasteiger partial charge in [-0.05, 0) is 40.0 Å². The first-order valence-electron chi connectivity index (χ1n) is 11.2. The van der Waals surface area contributed by atoms with Crippen LogP contribution in [-0.4, -0.2) is 58.8 Å². The van der Waals surface area contributed by atoms with Gasteiger partial charge in [0.1, 0.15) is 6.10 Å². The van der Waals surface area contributed by atoms with Gasteiger partial charge < -0.3 is 24.5 Å². The summed E-state index contributed by atoms with van der Waals surface area (Å²) in [6.07, 6.45) is 7.48. The molecule has 1 N–H and O–H groups in total. The largest absolute Gasteiger partial charge is 0.624 e. The van der Waals surface area contributed by atoms with Crippen LogP contribution in [0.2, 0.25) is 0 Å². The minimum atomic E-state index is -0.854. The first kappa shape index (κ1) is 24.1. The zero-order valence-corrected chi connectivity index (χ0v) is 18.5. The number of nitrogens with zero attached hydrogens (tertiary/aromatic N) is 1. The van der Waals surface area contributed by atoms with E-state index in [4.69, 9.17) is 14.2 Å². The van der Waals surface area contributed by atoms with Crippen LogP contribution < -0.4 is 0 Å². The van der Waals surface area contributed by atoms with Crippen molar-refractivity contribution < 1.29 is 28.9 Å². The topological polar surface area (TPSA) is 91.1 Å². The van der Waals surface area contributed by atoms with Crippen molar-refractivity contribution >= 4 is 12.2 Å². The number of hydrogen-bond acceptors (Lipinski definition) is 6. The fourth-order valence-corrected chi connectivity index (χ4v) is 4.32. The minimum Gasteiger partial charge on any atom is -0.624 e. The molecule has 1 heterocycles. The molecule has 2 fully saturated rings. The van der Waals surface area contributed by atoms with Crippen LogP contribution in [0.25, 0.3) is 0 Å². The Balaban J connectivity index is 2.08. The predicted molar refractivity (Wildman–Crippen MR) is 111 cm³/mol. The molecule has 2 aliphatic rings. The highest BCUT2D eigenvalue weighted by molar-refractivity contribution is 5.69. The second-order valence-corrected chi connectivity index (χ2v) is 8.89. The van der Waals surface area contributed by atoms with Gasteiger partial charge in [-0.25, -0.2) is 4.74 Å². The minimum absolute atomic E-state index is 0.240. The molecule has 168 valence electrons. The number of rotatable bonds is 10. The van der Waals surface area contributed by atoms with Crippen molar-refractivity contribution in [1.29, 1.82) is 0 Å². The summed E-state index contributed by atoms with van der Waals surface area (Å²) in [6, 6.07) is -0.295. The first-order valence-corrected chi connectivity index (χ1v) is 11.2. The SMILES string of the molecule is CCCCOC(=O)CC[C@H](C1CCCCC1)/[N+]([O-])=C/[C@@H]1OC(C)(C)O[C@@H]1[C@@H](C)O. The molecule has 0 unspecified atom stereocenters. The summed E-state index contributed by atoms with van der Waals surface area (Å²) in [7, 11) is 0. The summed E-state index contributed by atoms with van der Waals surface area (Å²) in [5.41, 5.74) is 0. The third-order valence-electron chi connectivity index (χ3n) is 5.86. The molecule has 0 aromatic heterocycles. The first-order chi connectivity index (χ1) is 13.7. The number of aliphatic hydroxyl groups is 1. The van der Waals surface area contributed by atoms with E-state index in [0.29, 0.717) is 13.0 Å². The molecule has 1 aliphatic heterocycles. The Bertz CT molecular complexity index is 541. The molecule has 0 aromatic carbocycles. The van der Waals surface area contributed by atoms with Crippen molar-refractivity contribution in [2.24, 2.45) is 5.92 Å². The lowest BCUT2D eigenvalue weighted by Gasteiger charge is -2.29. The number of hydroxylamine groups is 1. The van der Waals surface area contributed by atoms with Gasteiger partial charge in [0.25, 0.3) is 0 Å². The van der Waals surface area contributed by atoms with E-state index in [1.807, 2.05) is 0 Å². The van der Waals surface area contributed by atoms with Crippen LogP contribution in [0, 0.1) is 11.1 Å². The fourth-order valence-electron chi connectivity index (χ4n) is 4.32. The summed E-state index contributed by atoms with van der Waals surface area (Å²) in [6.45, 7) is 7.67. The maximum Gasteiger partial charge on any atom is 0.306 e. The van der Waals surface area contributed by atoms with Gasteiger partial charge in [0.05, 0.1) is 19.1 Å². The zero-order valence-electron chi connectivity index (χ0n) is 18.5. The number of aliphatic hydroxyl groups excluding tert-OH is 1. The van der Waals surface area contributed by atoms with Gasteiger partial charge in [-0.2, -0.15) is 0 Å². The van der Waals surface area contributed by atoms with Gasteiger partial charge in [-0.15, -0.1) is 0 Å². The molecule has 29 heavy (non-hydrogen) atoms. The fraction of sp³-hybridized carbons (Fsp3) is 0.909. The molecule has 1 saturated heterocycles. The monoisotopic (exact) mass is 413 g/mol. The van der Waals surface area contributed by atoms with Crippen LogP contribution >= 0.6 is 0 Å². The Hall–Kier alpha value is -1.18. The lowest BCUT2D eigenvalue weighted by atomic mass is 9.82. The lowest BCUT2D eigenvalue weighted by molar-refractivity contribution is -0.512. The van der Waals surface area contributed by atoms with Gasteiger partial charge in [-0.3, -0.25) is 4.79 Å². The summed E-state index contributed by atoms with van der Waals surface area (Å²) in [5.74, 6) is -0.843. The van der Waals surface area contributed by atoms with Crippen molar-refractivity contribution in [2.75, 3.05) is 6.61 Å². The quantitative estimate of drug-likeness (QED) is 0.147. The predicted octanol–water partition coefficient (Wildman–Crippen LogP) is 3.54. The highest BCUT2D eigenvalue weighted by atomic mass is 16.8. The maximum atomic E-state index is 13.1. The summed E-state index contributed by atoms with van der Waals surface area (Å²) < 4.78 is 17.8. The molecule has 0 amide bonds. The highest BCUT2D eigenvalue weighted by Gasteiger charge is 2.45. The van der Waals surface area contributed by atoms with Crippen molar-refractivity contribution in [3.05, 3.63) is 5.21 Å². The molecular weight excluding hydrogens is 374 g/mol. The standard InChI is InChI=1S/C22H39NO6/c1-5-6-14-27-20(25)13-12-18(17-10-8-7-9-11-17)23(26)15-19-21(16(2)24)29-22(3,4)28-19/h15-19,21,24H,5-14H2,1-4H3/b23-15-/t16-,18-,19+,21-/m1/s1. The van der Waals surface area contributed by atoms with Gasteiger partial charge in [0.2, 0.25) is 0 Å². The number of carbonyl (C=O) groups is 1. The molecule has 0 spiro atoms. The number of unbranched alkanes of at least 4 members (excludes halogenated alkanes) is 1. The van der Waals surface area contributed by atoms with Crippen LogP contribution in [0.3, 0.4) is 0 Å². The highest BCUT2D eigenvalue weighted by Crippen LogP contribution is 2.32. The van der Waals surface area contributed by atoms with Crippen molar-refractivity contribution in [3.8, 4) is 0 Å². The van der Waals surface area contributed by atoms with E-state index in [0.717, 1.165) is 43.3 Å². The average Bonchev–Trinajstić information content (AvgIpc) is 2.97. The van der Waals surface area contributed by atoms with E-state index >= 15 is 0 Å². The number of hydrogen-bond donors (Lipinski definition) is 1. The second-order valence-electron chi connectivity index (χ2n) is 8.89. The average molecular weight is 414 g/mol. The van der Waals surface area contributed by atoms with Crippen LogP contribution in [0.4, 0.5) is 0 Å². The normalized spacial score (nSPS) is 27.6. The summed E-state index contributed by atoms with van der Waals surface area (Å²) in [5, 5.41) is 23.2. The van der Waals surface area contributed by atoms with E-state index in [9.17, 15) is 15.1 Å². The van der Waals surface area contributed by atoms with Crippen molar-refractivity contribution in [3.63, 3.8) is 0 Å². The van der Waals surface area contributed by atoms with Gasteiger partial charge in [0, 0.05) is 12.3 Å². The summed E-state index contributed by atoms with van der Waals surface area (Å²) >= 11 is 0. The van der Waals surface area contributed by atoms with Crippen LogP contribution in [-0.2, 0) is 19.0 Å². The molecule has 0 radical (unpaired) electrons. The number of carbonyl (C=O) groups excluding carboxylic acids is 1. The molecule has 0 aromatic rings. The second kappa shape index (κ2) is 11.3. The molecule has 2 rings (SSSR count). The molecule has 1 saturated carbocycles. The third kappa shape index (κ3) is 7.54.